The molecule has 71 heavy (non-hydrogen) atoms. The van der Waals surface area contributed by atoms with Crippen molar-refractivity contribution in [2.24, 2.45) is 0 Å². The summed E-state index contributed by atoms with van der Waals surface area (Å²) in [6, 6.07) is -0.717. The Balaban J connectivity index is 0.000000569. The van der Waals surface area contributed by atoms with E-state index in [2.05, 4.69) is 28.2 Å². The standard InChI is InChI=1S/C32H12BF24.C11H10N2S/c34-25(35,36)13-1-14(26(37,38)39)6-21(5-13)33(22-7-15(27(40,41)42)2-16(8-22)28(43,44)45,23-9-17(29(46,47)48)3-18(10-23)30(49,50)51)24-11-19(31(52,53)54)4-20(12-24)32(55,56)57;14-11-4-2-1-3-10(11)9-13-7-5-12-6-8-13/h1-12H;1-8H,9H2/q-1;/p+1. The van der Waals surface area contributed by atoms with Crippen LogP contribution in [-0.4, -0.2) is 11.1 Å². The van der Waals surface area contributed by atoms with Gasteiger partial charge < -0.3 is 0 Å². The van der Waals surface area contributed by atoms with Gasteiger partial charge in [0.15, 0.2) is 18.9 Å². The second kappa shape index (κ2) is 19.2. The largest absolute Gasteiger partial charge is 0.416 e. The maximum absolute atomic E-state index is 14.2. The van der Waals surface area contributed by atoms with Gasteiger partial charge in [-0.2, -0.15) is 132 Å². The van der Waals surface area contributed by atoms with Gasteiger partial charge in [0.1, 0.15) is 6.15 Å². The number of halogens is 24. The number of hydrogen-bond acceptors (Lipinski definition) is 2. The molecule has 0 unspecified atom stereocenters. The first kappa shape index (κ1) is 55.8. The third kappa shape index (κ3) is 13.1. The Morgan fingerprint density at radius 1 is 0.352 bits per heavy atom. The zero-order valence-corrected chi connectivity index (χ0v) is 35.1. The average Bonchev–Trinajstić information content (AvgIpc) is 3.22. The van der Waals surface area contributed by atoms with Crippen LogP contribution in [0.4, 0.5) is 105 Å². The van der Waals surface area contributed by atoms with E-state index in [1.165, 1.54) is 5.56 Å². The molecule has 6 rings (SSSR count). The van der Waals surface area contributed by atoms with Crippen LogP contribution in [0.1, 0.15) is 50.1 Å². The molecule has 5 aromatic carbocycles. The van der Waals surface area contributed by atoms with Gasteiger partial charge in [-0.3, -0.25) is 4.98 Å². The second-order valence-corrected chi connectivity index (χ2v) is 15.8. The molecule has 0 aliphatic rings. The lowest BCUT2D eigenvalue weighted by molar-refractivity contribution is -0.689. The second-order valence-electron chi connectivity index (χ2n) is 15.3. The fourth-order valence-corrected chi connectivity index (χ4v) is 7.60. The molecular weight excluding hydrogens is 1040 g/mol. The SMILES string of the molecule is FC(F)(F)c1cc([B-](c2cc(C(F)(F)F)cc(C(F)(F)F)c2)(c2cc(C(F)(F)F)cc(C(F)(F)F)c2)c2cc(C(F)(F)F)cc(C(F)(F)F)c2)cc(C(F)(F)F)c1.Sc1ccccc1C[n+]1ccncc1. The summed E-state index contributed by atoms with van der Waals surface area (Å²) in [6.07, 6.45) is -47.4. The van der Waals surface area contributed by atoms with E-state index < -0.39 is 195 Å². The van der Waals surface area contributed by atoms with Crippen LogP contribution in [0.2, 0.25) is 0 Å². The minimum atomic E-state index is -6.13. The van der Waals surface area contributed by atoms with Crippen molar-refractivity contribution in [3.8, 4) is 0 Å². The fraction of sp³-hybridized carbons (Fsp3) is 0.209. The van der Waals surface area contributed by atoms with Gasteiger partial charge in [-0.15, -0.1) is 12.6 Å². The third-order valence-corrected chi connectivity index (χ3v) is 10.9. The Hall–Kier alpha value is -6.09. The number of thiol groups is 1. The lowest BCUT2D eigenvalue weighted by Crippen LogP contribution is -2.75. The number of aromatic nitrogens is 2. The first-order valence-electron chi connectivity index (χ1n) is 19.0. The normalized spacial score (nSPS) is 13.5. The number of alkyl halides is 24. The minimum Gasteiger partial charge on any atom is -0.252 e. The van der Waals surface area contributed by atoms with Crippen LogP contribution in [0.3, 0.4) is 0 Å². The lowest BCUT2D eigenvalue weighted by Gasteiger charge is -2.46. The van der Waals surface area contributed by atoms with E-state index in [1.807, 2.05) is 30.6 Å². The predicted octanol–water partition coefficient (Wildman–Crippen LogP) is 12.9. The smallest absolute Gasteiger partial charge is 0.252 e. The number of rotatable bonds is 6. The van der Waals surface area contributed by atoms with Crippen molar-refractivity contribution in [1.29, 1.82) is 0 Å². The maximum Gasteiger partial charge on any atom is 0.416 e. The Morgan fingerprint density at radius 2 is 0.577 bits per heavy atom. The molecule has 0 radical (unpaired) electrons. The molecule has 0 N–H and O–H groups in total. The summed E-state index contributed by atoms with van der Waals surface area (Å²) < 4.78 is 343. The molecule has 28 heteroatoms. The molecule has 0 fully saturated rings. The molecule has 0 bridgehead atoms. The highest BCUT2D eigenvalue weighted by molar-refractivity contribution is 7.80. The van der Waals surface area contributed by atoms with Gasteiger partial charge in [-0.25, -0.2) is 0 Å². The molecule has 0 saturated heterocycles. The van der Waals surface area contributed by atoms with E-state index in [9.17, 15) is 105 Å². The topological polar surface area (TPSA) is 16.8 Å². The molecule has 1 heterocycles. The third-order valence-electron chi connectivity index (χ3n) is 10.5. The lowest BCUT2D eigenvalue weighted by atomic mass is 9.12. The Kier molecular flexibility index (Phi) is 15.1. The van der Waals surface area contributed by atoms with Crippen LogP contribution in [-0.2, 0) is 56.0 Å². The minimum absolute atomic E-state index is 0.691. The van der Waals surface area contributed by atoms with Crippen LogP contribution in [0, 0.1) is 0 Å². The van der Waals surface area contributed by atoms with Crippen molar-refractivity contribution in [2.75, 3.05) is 0 Å². The van der Waals surface area contributed by atoms with Gasteiger partial charge in [0.2, 0.25) is 0 Å². The molecule has 0 amide bonds. The van der Waals surface area contributed by atoms with Crippen LogP contribution in [0.15, 0.2) is 127 Å². The first-order valence-corrected chi connectivity index (χ1v) is 19.5. The van der Waals surface area contributed by atoms with Gasteiger partial charge in [0.05, 0.1) is 56.9 Å². The molecule has 6 aromatic rings. The van der Waals surface area contributed by atoms with Gasteiger partial charge in [0, 0.05) is 10.5 Å². The molecule has 1 aromatic heterocycles. The number of nitrogens with zero attached hydrogens (tertiary/aromatic N) is 2. The number of benzene rings is 5. The predicted molar refractivity (Wildman–Crippen MR) is 207 cm³/mol. The van der Waals surface area contributed by atoms with Crippen molar-refractivity contribution in [3.63, 3.8) is 0 Å². The molecule has 0 aliphatic heterocycles. The molecule has 0 spiro atoms. The van der Waals surface area contributed by atoms with Crippen LogP contribution < -0.4 is 26.4 Å². The zero-order valence-electron chi connectivity index (χ0n) is 34.2. The van der Waals surface area contributed by atoms with E-state index in [-0.39, 0.29) is 0 Å². The summed E-state index contributed by atoms with van der Waals surface area (Å²) in [7, 11) is 0. The van der Waals surface area contributed by atoms with Crippen molar-refractivity contribution in [1.82, 2.24) is 4.98 Å². The molecule has 382 valence electrons. The van der Waals surface area contributed by atoms with Crippen molar-refractivity contribution >= 4 is 40.6 Å². The maximum atomic E-state index is 14.2. The van der Waals surface area contributed by atoms with E-state index in [4.69, 9.17) is 0 Å². The van der Waals surface area contributed by atoms with Crippen molar-refractivity contribution in [2.45, 2.75) is 60.9 Å². The first-order chi connectivity index (χ1) is 32.1. The Morgan fingerprint density at radius 3 is 0.789 bits per heavy atom. The number of hydrogen-bond donors (Lipinski definition) is 1. The summed E-state index contributed by atoms with van der Waals surface area (Å²) >= 11 is 4.40. The van der Waals surface area contributed by atoms with Crippen LogP contribution in [0.25, 0.3) is 0 Å². The van der Waals surface area contributed by atoms with Crippen molar-refractivity contribution < 1.29 is 110 Å². The summed E-state index contributed by atoms with van der Waals surface area (Å²) in [5.74, 6) is 0. The fourth-order valence-electron chi connectivity index (χ4n) is 7.36. The quantitative estimate of drug-likeness (QED) is 0.0761. The highest BCUT2D eigenvalue weighted by atomic mass is 32.1. The monoisotopic (exact) mass is 1070 g/mol. The highest BCUT2D eigenvalue weighted by Gasteiger charge is 2.47. The van der Waals surface area contributed by atoms with Crippen molar-refractivity contribution in [3.05, 3.63) is 172 Å². The molecule has 2 nitrogen and oxygen atoms in total. The molecular formula is C43H23BF24N2S. The van der Waals surface area contributed by atoms with E-state index >= 15 is 0 Å². The molecule has 0 atom stereocenters. The zero-order chi connectivity index (χ0) is 53.7. The summed E-state index contributed by atoms with van der Waals surface area (Å²) in [4.78, 5) is 4.99. The molecule has 0 saturated carbocycles. The van der Waals surface area contributed by atoms with Gasteiger partial charge in [0.25, 0.3) is 0 Å². The van der Waals surface area contributed by atoms with Gasteiger partial charge in [-0.05, 0) is 30.3 Å². The summed E-state index contributed by atoms with van der Waals surface area (Å²) in [6.45, 7) is 0.836. The van der Waals surface area contributed by atoms with E-state index in [0.717, 1.165) is 11.4 Å². The molecule has 0 aliphatic carbocycles. The van der Waals surface area contributed by atoms with E-state index in [0.29, 0.717) is 0 Å². The van der Waals surface area contributed by atoms with E-state index in [1.54, 1.807) is 12.4 Å². The summed E-state index contributed by atoms with van der Waals surface area (Å²) in [5, 5.41) is 0. The van der Waals surface area contributed by atoms with Gasteiger partial charge in [-0.1, -0.05) is 66.7 Å². The van der Waals surface area contributed by atoms with Crippen LogP contribution >= 0.6 is 12.6 Å². The Bertz CT molecular complexity index is 2420. The summed E-state index contributed by atoms with van der Waals surface area (Å²) in [5.41, 5.74) is -29.0. The van der Waals surface area contributed by atoms with Gasteiger partial charge >= 0.3 is 49.4 Å². The highest BCUT2D eigenvalue weighted by Crippen LogP contribution is 2.41. The van der Waals surface area contributed by atoms with Crippen LogP contribution in [0.5, 0.6) is 0 Å². The average molecular weight is 1070 g/mol. The Labute approximate surface area is 387 Å².